The van der Waals surface area contributed by atoms with Gasteiger partial charge in [-0.25, -0.2) is 9.37 Å². The molecular formula is C25H22FN5O3. The van der Waals surface area contributed by atoms with Gasteiger partial charge in [0.25, 0.3) is 11.8 Å². The van der Waals surface area contributed by atoms with Gasteiger partial charge in [-0.05, 0) is 53.9 Å². The van der Waals surface area contributed by atoms with E-state index in [1.54, 1.807) is 65.9 Å². The van der Waals surface area contributed by atoms with Crippen LogP contribution in [0, 0.1) is 12.7 Å². The molecule has 0 radical (unpaired) electrons. The first-order valence-electron chi connectivity index (χ1n) is 10.5. The van der Waals surface area contributed by atoms with Gasteiger partial charge in [0.2, 0.25) is 5.91 Å². The Bertz CT molecular complexity index is 1400. The first-order chi connectivity index (χ1) is 16.3. The molecule has 2 aromatic carbocycles. The summed E-state index contributed by atoms with van der Waals surface area (Å²) in [6, 6.07) is 16.3. The Balaban J connectivity index is 1.45. The lowest BCUT2D eigenvalue weighted by Gasteiger charge is -2.08. The van der Waals surface area contributed by atoms with Crippen molar-refractivity contribution < 1.29 is 18.8 Å². The Morgan fingerprint density at radius 1 is 0.941 bits per heavy atom. The monoisotopic (exact) mass is 459 g/mol. The van der Waals surface area contributed by atoms with Crippen molar-refractivity contribution >= 4 is 23.4 Å². The molecule has 0 saturated carbocycles. The molecule has 4 aromatic rings. The Morgan fingerprint density at radius 3 is 2.32 bits per heavy atom. The van der Waals surface area contributed by atoms with Crippen molar-refractivity contribution in [1.82, 2.24) is 20.0 Å². The van der Waals surface area contributed by atoms with Gasteiger partial charge in [-0.1, -0.05) is 30.3 Å². The average Bonchev–Trinajstić information content (AvgIpc) is 3.28. The van der Waals surface area contributed by atoms with Crippen molar-refractivity contribution in [1.29, 1.82) is 0 Å². The number of hydrogen-bond acceptors (Lipinski definition) is 4. The van der Waals surface area contributed by atoms with E-state index in [0.29, 0.717) is 22.5 Å². The van der Waals surface area contributed by atoms with Crippen molar-refractivity contribution in [3.63, 3.8) is 0 Å². The van der Waals surface area contributed by atoms with Crippen molar-refractivity contribution in [3.05, 3.63) is 106 Å². The van der Waals surface area contributed by atoms with Crippen LogP contribution in [0.2, 0.25) is 0 Å². The maximum atomic E-state index is 13.4. The fraction of sp³-hybridized carbons (Fsp3) is 0.120. The van der Waals surface area contributed by atoms with Crippen LogP contribution in [-0.4, -0.2) is 27.1 Å². The fourth-order valence-electron chi connectivity index (χ4n) is 3.45. The van der Waals surface area contributed by atoms with Gasteiger partial charge in [0, 0.05) is 24.8 Å². The molecule has 3 amide bonds. The topological polar surface area (TPSA) is 119 Å². The normalized spacial score (nSPS) is 10.8. The molecule has 0 atom stereocenters. The third-order valence-corrected chi connectivity index (χ3v) is 5.32. The molecule has 0 aliphatic rings. The number of carbonyl (C=O) groups excluding carboxylic acids is 3. The summed E-state index contributed by atoms with van der Waals surface area (Å²) in [5.74, 6) is -1.58. The van der Waals surface area contributed by atoms with E-state index in [1.807, 2.05) is 0 Å². The molecule has 2 aromatic heterocycles. The lowest BCUT2D eigenvalue weighted by molar-refractivity contribution is 0.0935. The van der Waals surface area contributed by atoms with Crippen LogP contribution in [0.1, 0.15) is 48.0 Å². The number of nitrogens with two attached hydrogens (primary N) is 1. The summed E-state index contributed by atoms with van der Waals surface area (Å²) in [5.41, 5.74) is 8.60. The fourth-order valence-corrected chi connectivity index (χ4v) is 3.45. The van der Waals surface area contributed by atoms with E-state index in [1.165, 1.54) is 12.3 Å². The molecule has 0 unspecified atom stereocenters. The molecule has 0 bridgehead atoms. The first kappa shape index (κ1) is 22.7. The molecule has 0 spiro atoms. The second-order valence-electron chi connectivity index (χ2n) is 7.78. The molecule has 0 aliphatic heterocycles. The van der Waals surface area contributed by atoms with E-state index >= 15 is 0 Å². The number of fused-ring (bicyclic) bond motifs is 1. The highest BCUT2D eigenvalue weighted by atomic mass is 19.1. The minimum Gasteiger partial charge on any atom is -0.366 e. The zero-order chi connectivity index (χ0) is 24.2. The largest absolute Gasteiger partial charge is 0.366 e. The number of primary amides is 1. The summed E-state index contributed by atoms with van der Waals surface area (Å²) < 4.78 is 15.0. The number of aromatic nitrogens is 2. The zero-order valence-electron chi connectivity index (χ0n) is 18.3. The number of carbonyl (C=O) groups is 3. The highest BCUT2D eigenvalue weighted by Gasteiger charge is 2.16. The van der Waals surface area contributed by atoms with E-state index in [4.69, 9.17) is 5.73 Å². The van der Waals surface area contributed by atoms with Crippen LogP contribution >= 0.6 is 0 Å². The number of halogens is 1. The van der Waals surface area contributed by atoms with Crippen LogP contribution in [0.5, 0.6) is 0 Å². The lowest BCUT2D eigenvalue weighted by Crippen LogP contribution is -2.25. The number of hydrogen-bond donors (Lipinski definition) is 3. The van der Waals surface area contributed by atoms with Gasteiger partial charge in [-0.2, -0.15) is 0 Å². The van der Waals surface area contributed by atoms with E-state index in [-0.39, 0.29) is 30.5 Å². The molecule has 4 N–H and O–H groups in total. The minimum atomic E-state index is -0.519. The summed E-state index contributed by atoms with van der Waals surface area (Å²) >= 11 is 0. The summed E-state index contributed by atoms with van der Waals surface area (Å²) in [6.45, 7) is 2.12. The quantitative estimate of drug-likeness (QED) is 0.394. The highest BCUT2D eigenvalue weighted by molar-refractivity contribution is 5.95. The van der Waals surface area contributed by atoms with E-state index in [0.717, 1.165) is 11.1 Å². The second-order valence-corrected chi connectivity index (χ2v) is 7.78. The number of benzene rings is 2. The minimum absolute atomic E-state index is 0.154. The van der Waals surface area contributed by atoms with Gasteiger partial charge >= 0.3 is 0 Å². The van der Waals surface area contributed by atoms with Crippen molar-refractivity contribution in [2.45, 2.75) is 20.0 Å². The van der Waals surface area contributed by atoms with Crippen LogP contribution in [-0.2, 0) is 13.1 Å². The van der Waals surface area contributed by atoms with E-state index < -0.39 is 11.8 Å². The summed E-state index contributed by atoms with van der Waals surface area (Å²) in [7, 11) is 0. The Labute approximate surface area is 194 Å². The molecule has 34 heavy (non-hydrogen) atoms. The van der Waals surface area contributed by atoms with Gasteiger partial charge in [-0.15, -0.1) is 0 Å². The van der Waals surface area contributed by atoms with Crippen LogP contribution < -0.4 is 16.4 Å². The molecule has 4 rings (SSSR count). The standard InChI is InChI=1S/C25H22FN5O3/c1-15-11-17(7-10-19(15)26)13-28-24(33)20-14-31-21(3-2-4-22(31)30-20)25(34)29-12-16-5-8-18(9-6-16)23(27)32/h2-11,14H,12-13H2,1H3,(H2,27,32)(H,28,33)(H,29,34). The number of aryl methyl sites for hydroxylation is 1. The smallest absolute Gasteiger partial charge is 0.271 e. The summed E-state index contributed by atoms with van der Waals surface area (Å²) in [6.07, 6.45) is 1.50. The maximum absolute atomic E-state index is 13.4. The van der Waals surface area contributed by atoms with Crippen LogP contribution in [0.4, 0.5) is 4.39 Å². The number of nitrogens with zero attached hydrogens (tertiary/aromatic N) is 2. The van der Waals surface area contributed by atoms with Gasteiger partial charge in [0.15, 0.2) is 0 Å². The van der Waals surface area contributed by atoms with Crippen LogP contribution in [0.3, 0.4) is 0 Å². The second kappa shape index (κ2) is 9.53. The van der Waals surface area contributed by atoms with Crippen molar-refractivity contribution in [2.75, 3.05) is 0 Å². The third-order valence-electron chi connectivity index (χ3n) is 5.32. The Hall–Kier alpha value is -4.53. The number of nitrogens with one attached hydrogen (secondary N) is 2. The lowest BCUT2D eigenvalue weighted by atomic mass is 10.1. The molecular weight excluding hydrogens is 437 g/mol. The van der Waals surface area contributed by atoms with Gasteiger partial charge in [-0.3, -0.25) is 18.8 Å². The molecule has 0 saturated heterocycles. The highest BCUT2D eigenvalue weighted by Crippen LogP contribution is 2.12. The molecule has 8 nitrogen and oxygen atoms in total. The predicted octanol–water partition coefficient (Wildman–Crippen LogP) is 2.74. The van der Waals surface area contributed by atoms with Crippen molar-refractivity contribution in [3.8, 4) is 0 Å². The molecule has 0 aliphatic carbocycles. The third kappa shape index (κ3) is 4.93. The van der Waals surface area contributed by atoms with Gasteiger partial charge in [0.1, 0.15) is 22.9 Å². The number of imidazole rings is 1. The number of rotatable bonds is 7. The van der Waals surface area contributed by atoms with E-state index in [9.17, 15) is 18.8 Å². The van der Waals surface area contributed by atoms with Gasteiger partial charge < -0.3 is 16.4 Å². The average molecular weight is 459 g/mol. The van der Waals surface area contributed by atoms with Gasteiger partial charge in [0.05, 0.1) is 0 Å². The van der Waals surface area contributed by atoms with Crippen molar-refractivity contribution in [2.24, 2.45) is 5.73 Å². The molecule has 2 heterocycles. The summed E-state index contributed by atoms with van der Waals surface area (Å²) in [5, 5.41) is 5.58. The molecule has 9 heteroatoms. The number of pyridine rings is 1. The Kier molecular flexibility index (Phi) is 6.35. The molecule has 0 fully saturated rings. The first-order valence-corrected chi connectivity index (χ1v) is 10.5. The predicted molar refractivity (Wildman–Crippen MR) is 124 cm³/mol. The van der Waals surface area contributed by atoms with Crippen LogP contribution in [0.15, 0.2) is 66.9 Å². The summed E-state index contributed by atoms with van der Waals surface area (Å²) in [4.78, 5) is 40.9. The SMILES string of the molecule is Cc1cc(CNC(=O)c2cn3c(C(=O)NCc4ccc(C(N)=O)cc4)cccc3n2)ccc1F. The Morgan fingerprint density at radius 2 is 1.62 bits per heavy atom. The molecule has 172 valence electrons. The zero-order valence-corrected chi connectivity index (χ0v) is 18.3. The number of amides is 3. The van der Waals surface area contributed by atoms with Crippen LogP contribution in [0.25, 0.3) is 5.65 Å². The maximum Gasteiger partial charge on any atom is 0.271 e. The van der Waals surface area contributed by atoms with E-state index in [2.05, 4.69) is 15.6 Å².